The minimum atomic E-state index is 0.664. The Morgan fingerprint density at radius 3 is 3.18 bits per heavy atom. The molecule has 0 bridgehead atoms. The van der Waals surface area contributed by atoms with Crippen molar-refractivity contribution < 1.29 is 0 Å². The van der Waals surface area contributed by atoms with Gasteiger partial charge in [0, 0.05) is 6.04 Å². The molecule has 1 atom stereocenters. The number of hydrogen-bond acceptors (Lipinski definition) is 3. The zero-order valence-corrected chi connectivity index (χ0v) is 11.0. The maximum absolute atomic E-state index is 4.57. The second kappa shape index (κ2) is 4.75. The molecule has 2 aromatic rings. The number of aromatic nitrogens is 1. The van der Waals surface area contributed by atoms with Gasteiger partial charge in [-0.25, -0.2) is 4.98 Å². The minimum Gasteiger partial charge on any atom is -0.314 e. The summed E-state index contributed by atoms with van der Waals surface area (Å²) in [5, 5.41) is 4.79. The summed E-state index contributed by atoms with van der Waals surface area (Å²) in [7, 11) is 0. The van der Waals surface area contributed by atoms with Crippen LogP contribution < -0.4 is 5.32 Å². The monoisotopic (exact) mass is 246 g/mol. The molecule has 90 valence electrons. The molecule has 1 aromatic heterocycles. The Balaban J connectivity index is 1.88. The molecule has 17 heavy (non-hydrogen) atoms. The van der Waals surface area contributed by atoms with Crippen molar-refractivity contribution in [1.82, 2.24) is 10.3 Å². The predicted molar refractivity (Wildman–Crippen MR) is 73.7 cm³/mol. The lowest BCUT2D eigenvalue weighted by Gasteiger charge is -2.23. The van der Waals surface area contributed by atoms with Crippen LogP contribution in [0.1, 0.15) is 29.8 Å². The third-order valence-corrected chi connectivity index (χ3v) is 4.54. The summed E-state index contributed by atoms with van der Waals surface area (Å²) in [6, 6.07) is 7.18. The number of benzene rings is 1. The maximum atomic E-state index is 4.57. The number of nitrogens with one attached hydrogen (secondary N) is 1. The van der Waals surface area contributed by atoms with Gasteiger partial charge >= 0.3 is 0 Å². The fourth-order valence-electron chi connectivity index (χ4n) is 2.64. The Labute approximate surface area is 106 Å². The van der Waals surface area contributed by atoms with Crippen molar-refractivity contribution in [1.29, 1.82) is 0 Å². The largest absolute Gasteiger partial charge is 0.314 e. The van der Waals surface area contributed by atoms with Crippen LogP contribution in [0.25, 0.3) is 10.2 Å². The topological polar surface area (TPSA) is 24.9 Å². The van der Waals surface area contributed by atoms with Gasteiger partial charge in [-0.05, 0) is 44.4 Å². The van der Waals surface area contributed by atoms with Crippen LogP contribution in [0, 0.1) is 6.92 Å². The zero-order chi connectivity index (χ0) is 11.7. The first-order chi connectivity index (χ1) is 8.33. The van der Waals surface area contributed by atoms with E-state index >= 15 is 0 Å². The van der Waals surface area contributed by atoms with Gasteiger partial charge in [0.1, 0.15) is 0 Å². The lowest BCUT2D eigenvalue weighted by atomic mass is 9.98. The molecule has 0 spiro atoms. The SMILES string of the molecule is Cc1nc2cccc(CC3CCCCN3)c2s1. The van der Waals surface area contributed by atoms with Gasteiger partial charge < -0.3 is 5.32 Å². The molecule has 1 fully saturated rings. The first kappa shape index (κ1) is 11.2. The van der Waals surface area contributed by atoms with Crippen LogP contribution in [0.15, 0.2) is 18.2 Å². The summed E-state index contributed by atoms with van der Waals surface area (Å²) in [5.74, 6) is 0. The van der Waals surface area contributed by atoms with Crippen LogP contribution in [0.5, 0.6) is 0 Å². The van der Waals surface area contributed by atoms with Gasteiger partial charge in [-0.1, -0.05) is 18.6 Å². The number of hydrogen-bond donors (Lipinski definition) is 1. The summed E-state index contributed by atoms with van der Waals surface area (Å²) in [6.45, 7) is 3.27. The predicted octanol–water partition coefficient (Wildman–Crippen LogP) is 3.29. The van der Waals surface area contributed by atoms with Crippen molar-refractivity contribution in [2.24, 2.45) is 0 Å². The van der Waals surface area contributed by atoms with E-state index < -0.39 is 0 Å². The van der Waals surface area contributed by atoms with E-state index in [1.807, 2.05) is 11.3 Å². The molecule has 1 N–H and O–H groups in total. The number of aryl methyl sites for hydroxylation is 1. The molecule has 3 heteroatoms. The van der Waals surface area contributed by atoms with Crippen molar-refractivity contribution >= 4 is 21.6 Å². The summed E-state index contributed by atoms with van der Waals surface area (Å²) in [6.07, 6.45) is 5.17. The maximum Gasteiger partial charge on any atom is 0.0907 e. The van der Waals surface area contributed by atoms with Gasteiger partial charge in [0.25, 0.3) is 0 Å². The number of piperidine rings is 1. The fraction of sp³-hybridized carbons (Fsp3) is 0.500. The van der Waals surface area contributed by atoms with E-state index in [0.717, 1.165) is 6.42 Å². The van der Waals surface area contributed by atoms with Crippen LogP contribution in [-0.2, 0) is 6.42 Å². The summed E-state index contributed by atoms with van der Waals surface area (Å²) < 4.78 is 1.39. The molecule has 0 saturated carbocycles. The Morgan fingerprint density at radius 1 is 1.41 bits per heavy atom. The highest BCUT2D eigenvalue weighted by Crippen LogP contribution is 2.27. The van der Waals surface area contributed by atoms with E-state index in [0.29, 0.717) is 6.04 Å². The zero-order valence-electron chi connectivity index (χ0n) is 10.2. The molecule has 2 nitrogen and oxygen atoms in total. The second-order valence-corrected chi connectivity index (χ2v) is 6.05. The van der Waals surface area contributed by atoms with Gasteiger partial charge in [-0.2, -0.15) is 0 Å². The molecule has 1 unspecified atom stereocenters. The summed E-state index contributed by atoms with van der Waals surface area (Å²) in [5.41, 5.74) is 2.63. The highest BCUT2D eigenvalue weighted by molar-refractivity contribution is 7.18. The van der Waals surface area contributed by atoms with Crippen LogP contribution in [-0.4, -0.2) is 17.6 Å². The average Bonchev–Trinajstić information content (AvgIpc) is 2.72. The first-order valence-corrected chi connectivity index (χ1v) is 7.23. The molecule has 1 saturated heterocycles. The van der Waals surface area contributed by atoms with Crippen molar-refractivity contribution in [3.05, 3.63) is 28.8 Å². The Kier molecular flexibility index (Phi) is 3.12. The molecule has 1 aromatic carbocycles. The lowest BCUT2D eigenvalue weighted by Crippen LogP contribution is -2.35. The van der Waals surface area contributed by atoms with Crippen molar-refractivity contribution in [3.63, 3.8) is 0 Å². The van der Waals surface area contributed by atoms with Gasteiger partial charge in [0.05, 0.1) is 15.2 Å². The van der Waals surface area contributed by atoms with E-state index in [1.54, 1.807) is 0 Å². The van der Waals surface area contributed by atoms with Crippen LogP contribution in [0.4, 0.5) is 0 Å². The van der Waals surface area contributed by atoms with Gasteiger partial charge in [0.2, 0.25) is 0 Å². The van der Waals surface area contributed by atoms with E-state index in [1.165, 1.54) is 46.6 Å². The molecule has 1 aliphatic rings. The van der Waals surface area contributed by atoms with Crippen molar-refractivity contribution in [3.8, 4) is 0 Å². The molecule has 3 rings (SSSR count). The number of nitrogens with zero attached hydrogens (tertiary/aromatic N) is 1. The molecule has 0 amide bonds. The Hall–Kier alpha value is -0.930. The summed E-state index contributed by atoms with van der Waals surface area (Å²) >= 11 is 1.83. The van der Waals surface area contributed by atoms with Crippen molar-refractivity contribution in [2.75, 3.05) is 6.54 Å². The normalized spacial score (nSPS) is 20.9. The fourth-order valence-corrected chi connectivity index (χ4v) is 3.58. The molecular weight excluding hydrogens is 228 g/mol. The highest BCUT2D eigenvalue weighted by atomic mass is 32.1. The van der Waals surface area contributed by atoms with Crippen LogP contribution >= 0.6 is 11.3 Å². The minimum absolute atomic E-state index is 0.664. The molecule has 1 aliphatic heterocycles. The smallest absolute Gasteiger partial charge is 0.0907 e. The van der Waals surface area contributed by atoms with E-state index in [4.69, 9.17) is 0 Å². The first-order valence-electron chi connectivity index (χ1n) is 6.41. The van der Waals surface area contributed by atoms with Crippen molar-refractivity contribution in [2.45, 2.75) is 38.6 Å². The van der Waals surface area contributed by atoms with E-state index in [9.17, 15) is 0 Å². The number of rotatable bonds is 2. The Bertz CT molecular complexity index is 512. The van der Waals surface area contributed by atoms with Gasteiger partial charge in [-0.3, -0.25) is 0 Å². The van der Waals surface area contributed by atoms with Gasteiger partial charge in [0.15, 0.2) is 0 Å². The third-order valence-electron chi connectivity index (χ3n) is 3.48. The molecular formula is C14H18N2S. The number of fused-ring (bicyclic) bond motifs is 1. The number of thiazole rings is 1. The lowest BCUT2D eigenvalue weighted by molar-refractivity contribution is 0.400. The summed E-state index contributed by atoms with van der Waals surface area (Å²) in [4.78, 5) is 4.57. The highest BCUT2D eigenvalue weighted by Gasteiger charge is 2.15. The van der Waals surface area contributed by atoms with Gasteiger partial charge in [-0.15, -0.1) is 11.3 Å². The molecule has 0 aliphatic carbocycles. The third kappa shape index (κ3) is 2.35. The quantitative estimate of drug-likeness (QED) is 0.879. The van der Waals surface area contributed by atoms with E-state index in [2.05, 4.69) is 35.4 Å². The molecule has 2 heterocycles. The standard InChI is InChI=1S/C14H18N2S/c1-10-16-13-7-4-5-11(14(13)17-10)9-12-6-2-3-8-15-12/h4-5,7,12,15H,2-3,6,8-9H2,1H3. The van der Waals surface area contributed by atoms with Crippen LogP contribution in [0.3, 0.4) is 0 Å². The van der Waals surface area contributed by atoms with Crippen LogP contribution in [0.2, 0.25) is 0 Å². The molecule has 0 radical (unpaired) electrons. The second-order valence-electron chi connectivity index (χ2n) is 4.85. The average molecular weight is 246 g/mol. The van der Waals surface area contributed by atoms with E-state index in [-0.39, 0.29) is 0 Å². The Morgan fingerprint density at radius 2 is 2.35 bits per heavy atom.